The van der Waals surface area contributed by atoms with Gasteiger partial charge >= 0.3 is 0 Å². The highest BCUT2D eigenvalue weighted by molar-refractivity contribution is 7.97. The van der Waals surface area contributed by atoms with Gasteiger partial charge in [0.05, 0.1) is 0 Å². The summed E-state index contributed by atoms with van der Waals surface area (Å²) in [7, 11) is 0. The molecule has 0 radical (unpaired) electrons. The first-order valence-corrected chi connectivity index (χ1v) is 3.91. The smallest absolute Gasteiger partial charge is 0.0270 e. The molecule has 0 aliphatic rings. The third-order valence-electron chi connectivity index (χ3n) is 1.32. The first-order chi connectivity index (χ1) is 4.88. The van der Waals surface area contributed by atoms with Crippen molar-refractivity contribution in [1.29, 1.82) is 0 Å². The summed E-state index contributed by atoms with van der Waals surface area (Å²) in [6.07, 6.45) is 0. The van der Waals surface area contributed by atoms with Crippen molar-refractivity contribution in [2.75, 3.05) is 0 Å². The summed E-state index contributed by atoms with van der Waals surface area (Å²) in [5.41, 5.74) is 6.56. The fourth-order valence-electron chi connectivity index (χ4n) is 0.787. The molecule has 0 amide bonds. The summed E-state index contributed by atoms with van der Waals surface area (Å²) in [4.78, 5) is 1.06. The van der Waals surface area contributed by atoms with E-state index in [1.807, 2.05) is 24.3 Å². The molecule has 0 atom stereocenters. The molecule has 0 aromatic heterocycles. The zero-order valence-corrected chi connectivity index (χ0v) is 6.40. The predicted octanol–water partition coefficient (Wildman–Crippen LogP) is 1.11. The molecule has 0 saturated heterocycles. The van der Waals surface area contributed by atoms with E-state index in [0.717, 1.165) is 10.5 Å². The fourth-order valence-corrected chi connectivity index (χ4v) is 1.25. The lowest BCUT2D eigenvalue weighted by molar-refractivity contribution is 1.03. The molecule has 2 nitrogen and oxygen atoms in total. The normalized spacial score (nSPS) is 9.80. The van der Waals surface area contributed by atoms with Gasteiger partial charge < -0.3 is 5.73 Å². The third kappa shape index (κ3) is 1.50. The molecule has 0 unspecified atom stereocenters. The van der Waals surface area contributed by atoms with Crippen molar-refractivity contribution in [1.82, 2.24) is 0 Å². The van der Waals surface area contributed by atoms with E-state index >= 15 is 0 Å². The monoisotopic (exact) mass is 154 g/mol. The second kappa shape index (κ2) is 3.61. The molecule has 1 rings (SSSR count). The summed E-state index contributed by atoms with van der Waals surface area (Å²) in [6.45, 7) is 0.556. The number of benzene rings is 1. The molecule has 0 aliphatic heterocycles. The van der Waals surface area contributed by atoms with Crippen molar-refractivity contribution in [3.05, 3.63) is 29.8 Å². The van der Waals surface area contributed by atoms with Crippen LogP contribution >= 0.6 is 11.9 Å². The average molecular weight is 154 g/mol. The Morgan fingerprint density at radius 1 is 1.30 bits per heavy atom. The van der Waals surface area contributed by atoms with Crippen LogP contribution in [0.3, 0.4) is 0 Å². The molecule has 4 N–H and O–H groups in total. The van der Waals surface area contributed by atoms with Gasteiger partial charge in [-0.2, -0.15) is 0 Å². The Bertz CT molecular complexity index is 190. The van der Waals surface area contributed by atoms with Crippen LogP contribution in [0.5, 0.6) is 0 Å². The largest absolute Gasteiger partial charge is 0.326 e. The van der Waals surface area contributed by atoms with E-state index in [0.29, 0.717) is 6.54 Å². The second-order valence-corrected chi connectivity index (χ2v) is 2.61. The second-order valence-electron chi connectivity index (χ2n) is 1.93. The van der Waals surface area contributed by atoms with Gasteiger partial charge in [0.25, 0.3) is 0 Å². The zero-order valence-electron chi connectivity index (χ0n) is 5.58. The van der Waals surface area contributed by atoms with Gasteiger partial charge in [0.15, 0.2) is 0 Å². The van der Waals surface area contributed by atoms with E-state index in [-0.39, 0.29) is 0 Å². The molecule has 0 heterocycles. The van der Waals surface area contributed by atoms with Gasteiger partial charge in [0.2, 0.25) is 0 Å². The van der Waals surface area contributed by atoms with Gasteiger partial charge in [-0.15, -0.1) is 0 Å². The SMILES string of the molecule is NCc1ccccc1SN. The van der Waals surface area contributed by atoms with Gasteiger partial charge in [-0.1, -0.05) is 18.2 Å². The standard InChI is InChI=1S/C7H10N2S/c8-5-6-3-1-2-4-7(6)10-9/h1-4H,5,8-9H2. The van der Waals surface area contributed by atoms with Gasteiger partial charge in [-0.3, -0.25) is 5.14 Å². The molecule has 54 valence electrons. The van der Waals surface area contributed by atoms with Crippen molar-refractivity contribution in [3.8, 4) is 0 Å². The maximum atomic E-state index is 5.46. The van der Waals surface area contributed by atoms with Crippen LogP contribution in [0.4, 0.5) is 0 Å². The lowest BCUT2D eigenvalue weighted by Crippen LogP contribution is -1.98. The fraction of sp³-hybridized carbons (Fsp3) is 0.143. The zero-order chi connectivity index (χ0) is 7.40. The Labute approximate surface area is 64.7 Å². The van der Waals surface area contributed by atoms with Crippen LogP contribution in [0.25, 0.3) is 0 Å². The highest BCUT2D eigenvalue weighted by Gasteiger charge is 1.95. The minimum Gasteiger partial charge on any atom is -0.326 e. The first kappa shape index (κ1) is 7.60. The molecule has 1 aromatic rings. The van der Waals surface area contributed by atoms with Crippen LogP contribution in [-0.4, -0.2) is 0 Å². The molecular weight excluding hydrogens is 144 g/mol. The molecule has 0 spiro atoms. The number of hydrogen-bond donors (Lipinski definition) is 2. The summed E-state index contributed by atoms with van der Waals surface area (Å²) in [5.74, 6) is 0. The van der Waals surface area contributed by atoms with Crippen molar-refractivity contribution >= 4 is 11.9 Å². The van der Waals surface area contributed by atoms with E-state index < -0.39 is 0 Å². The molecule has 0 bridgehead atoms. The lowest BCUT2D eigenvalue weighted by atomic mass is 10.2. The average Bonchev–Trinajstić information content (AvgIpc) is 2.04. The van der Waals surface area contributed by atoms with Crippen molar-refractivity contribution < 1.29 is 0 Å². The molecule has 0 fully saturated rings. The maximum absolute atomic E-state index is 5.46. The topological polar surface area (TPSA) is 52.0 Å². The van der Waals surface area contributed by atoms with Crippen LogP contribution in [0.2, 0.25) is 0 Å². The minimum absolute atomic E-state index is 0.556. The summed E-state index contributed by atoms with van der Waals surface area (Å²) in [5, 5.41) is 5.39. The van der Waals surface area contributed by atoms with E-state index in [4.69, 9.17) is 10.9 Å². The Morgan fingerprint density at radius 3 is 2.50 bits per heavy atom. The van der Waals surface area contributed by atoms with Gasteiger partial charge in [0.1, 0.15) is 0 Å². The maximum Gasteiger partial charge on any atom is 0.0270 e. The van der Waals surface area contributed by atoms with Crippen LogP contribution in [0, 0.1) is 0 Å². The van der Waals surface area contributed by atoms with Crippen LogP contribution in [-0.2, 0) is 6.54 Å². The third-order valence-corrected chi connectivity index (χ3v) is 1.97. The molecule has 0 saturated carbocycles. The summed E-state index contributed by atoms with van der Waals surface area (Å²) in [6, 6.07) is 7.86. The van der Waals surface area contributed by atoms with Crippen LogP contribution in [0.1, 0.15) is 5.56 Å². The van der Waals surface area contributed by atoms with Gasteiger partial charge in [-0.05, 0) is 23.6 Å². The van der Waals surface area contributed by atoms with E-state index in [1.165, 1.54) is 11.9 Å². The molecular formula is C7H10N2S. The Morgan fingerprint density at radius 2 is 2.00 bits per heavy atom. The number of rotatable bonds is 2. The summed E-state index contributed by atoms with van der Waals surface area (Å²) >= 11 is 1.24. The van der Waals surface area contributed by atoms with Gasteiger partial charge in [0, 0.05) is 11.4 Å². The van der Waals surface area contributed by atoms with Crippen molar-refractivity contribution in [2.45, 2.75) is 11.4 Å². The highest BCUT2D eigenvalue weighted by atomic mass is 32.2. The first-order valence-electron chi connectivity index (χ1n) is 3.03. The highest BCUT2D eigenvalue weighted by Crippen LogP contribution is 2.16. The Hall–Kier alpha value is -0.510. The lowest BCUT2D eigenvalue weighted by Gasteiger charge is -2.01. The quantitative estimate of drug-likeness (QED) is 0.627. The molecule has 3 heteroatoms. The molecule has 0 aliphatic carbocycles. The predicted molar refractivity (Wildman–Crippen MR) is 44.4 cm³/mol. The van der Waals surface area contributed by atoms with E-state index in [2.05, 4.69) is 0 Å². The van der Waals surface area contributed by atoms with E-state index in [9.17, 15) is 0 Å². The minimum atomic E-state index is 0.556. The Kier molecular flexibility index (Phi) is 2.74. The van der Waals surface area contributed by atoms with E-state index in [1.54, 1.807) is 0 Å². The molecule has 1 aromatic carbocycles. The summed E-state index contributed by atoms with van der Waals surface area (Å²) < 4.78 is 0. The van der Waals surface area contributed by atoms with Crippen LogP contribution in [0.15, 0.2) is 29.2 Å². The Balaban J connectivity index is 2.96. The number of nitrogens with two attached hydrogens (primary N) is 2. The van der Waals surface area contributed by atoms with Crippen molar-refractivity contribution in [2.24, 2.45) is 10.9 Å². The van der Waals surface area contributed by atoms with Crippen molar-refractivity contribution in [3.63, 3.8) is 0 Å². The van der Waals surface area contributed by atoms with Gasteiger partial charge in [-0.25, -0.2) is 0 Å². The number of hydrogen-bond acceptors (Lipinski definition) is 3. The molecule has 10 heavy (non-hydrogen) atoms. The van der Waals surface area contributed by atoms with Crippen LogP contribution < -0.4 is 10.9 Å².